The topological polar surface area (TPSA) is 46.6 Å². The van der Waals surface area contributed by atoms with Gasteiger partial charge in [0.15, 0.2) is 10.8 Å². The minimum atomic E-state index is -0.601. The highest BCUT2D eigenvalue weighted by molar-refractivity contribution is 7.14. The normalized spacial score (nSPS) is 15.6. The summed E-state index contributed by atoms with van der Waals surface area (Å²) in [4.78, 5) is 26.4. The molecule has 1 aromatic carbocycles. The summed E-state index contributed by atoms with van der Waals surface area (Å²) in [5, 5.41) is 0.569. The predicted octanol–water partition coefficient (Wildman–Crippen LogP) is 3.50. The molecule has 0 amide bonds. The van der Waals surface area contributed by atoms with Crippen molar-refractivity contribution in [3.8, 4) is 5.06 Å². The van der Waals surface area contributed by atoms with Crippen molar-refractivity contribution in [1.82, 2.24) is 4.90 Å². The van der Waals surface area contributed by atoms with Gasteiger partial charge in [-0.05, 0) is 31.0 Å². The standard InChI is InChI=1S/C18H18FNO3S/c1-11(21)18(14-5-3-4-6-15(14)19)20-8-7-16-13(10-20)9-17(24-16)23-12(2)22/h3-6,9,18H,7-8,10H2,1-2H3. The molecule has 4 nitrogen and oxygen atoms in total. The average molecular weight is 347 g/mol. The quantitative estimate of drug-likeness (QED) is 0.794. The zero-order valence-corrected chi connectivity index (χ0v) is 14.4. The Balaban J connectivity index is 1.87. The number of esters is 1. The first-order valence-electron chi connectivity index (χ1n) is 7.74. The number of hydrogen-bond acceptors (Lipinski definition) is 5. The van der Waals surface area contributed by atoms with Gasteiger partial charge in [0.05, 0.1) is 6.04 Å². The Morgan fingerprint density at radius 3 is 2.71 bits per heavy atom. The maximum Gasteiger partial charge on any atom is 0.308 e. The molecule has 1 unspecified atom stereocenters. The highest BCUT2D eigenvalue weighted by Gasteiger charge is 2.31. The molecule has 0 saturated heterocycles. The lowest BCUT2D eigenvalue weighted by Gasteiger charge is -2.33. The third-order valence-corrected chi connectivity index (χ3v) is 5.18. The monoisotopic (exact) mass is 347 g/mol. The molecular formula is C18H18FNO3S. The summed E-state index contributed by atoms with van der Waals surface area (Å²) in [5.41, 5.74) is 1.44. The SMILES string of the molecule is CC(=O)Oc1cc2c(s1)CCN(C(C(C)=O)c1ccccc1F)C2. The molecule has 0 bridgehead atoms. The number of carbonyl (C=O) groups excluding carboxylic acids is 2. The number of nitrogens with zero attached hydrogens (tertiary/aromatic N) is 1. The molecule has 1 aromatic heterocycles. The number of halogens is 1. The number of ketones is 1. The van der Waals surface area contributed by atoms with Crippen LogP contribution in [0.1, 0.15) is 35.9 Å². The van der Waals surface area contributed by atoms with Gasteiger partial charge in [-0.3, -0.25) is 14.5 Å². The number of benzene rings is 1. The Morgan fingerprint density at radius 2 is 2.04 bits per heavy atom. The van der Waals surface area contributed by atoms with E-state index in [0.717, 1.165) is 16.9 Å². The lowest BCUT2D eigenvalue weighted by Crippen LogP contribution is -2.37. The van der Waals surface area contributed by atoms with E-state index in [9.17, 15) is 14.0 Å². The van der Waals surface area contributed by atoms with Crippen molar-refractivity contribution in [2.75, 3.05) is 6.54 Å². The third-order valence-electron chi connectivity index (χ3n) is 4.07. The van der Waals surface area contributed by atoms with Crippen LogP contribution in [-0.4, -0.2) is 23.2 Å². The Hall–Kier alpha value is -2.05. The van der Waals surface area contributed by atoms with Crippen molar-refractivity contribution >= 4 is 23.1 Å². The summed E-state index contributed by atoms with van der Waals surface area (Å²) in [5.74, 6) is -0.799. The van der Waals surface area contributed by atoms with Gasteiger partial charge in [0, 0.05) is 30.5 Å². The largest absolute Gasteiger partial charge is 0.416 e. The van der Waals surface area contributed by atoms with E-state index in [4.69, 9.17) is 4.74 Å². The zero-order valence-electron chi connectivity index (χ0n) is 13.5. The van der Waals surface area contributed by atoms with Crippen LogP contribution in [0.2, 0.25) is 0 Å². The first-order valence-corrected chi connectivity index (χ1v) is 8.56. The number of rotatable bonds is 4. The Bertz CT molecular complexity index is 786. The van der Waals surface area contributed by atoms with E-state index < -0.39 is 6.04 Å². The highest BCUT2D eigenvalue weighted by atomic mass is 32.1. The van der Waals surface area contributed by atoms with Crippen LogP contribution in [-0.2, 0) is 22.6 Å². The molecular weight excluding hydrogens is 329 g/mol. The van der Waals surface area contributed by atoms with Gasteiger partial charge in [0.25, 0.3) is 0 Å². The number of fused-ring (bicyclic) bond motifs is 1. The smallest absolute Gasteiger partial charge is 0.308 e. The molecule has 2 heterocycles. The summed E-state index contributed by atoms with van der Waals surface area (Å²) in [6.07, 6.45) is 0.750. The van der Waals surface area contributed by atoms with Crippen LogP contribution in [0.3, 0.4) is 0 Å². The van der Waals surface area contributed by atoms with Gasteiger partial charge in [-0.2, -0.15) is 0 Å². The van der Waals surface area contributed by atoms with Gasteiger partial charge in [-0.15, -0.1) is 11.3 Å². The molecule has 3 rings (SSSR count). The number of thiophene rings is 1. The summed E-state index contributed by atoms with van der Waals surface area (Å²) >= 11 is 1.46. The Morgan fingerprint density at radius 1 is 1.29 bits per heavy atom. The van der Waals surface area contributed by atoms with E-state index in [1.807, 2.05) is 11.0 Å². The molecule has 6 heteroatoms. The number of carbonyl (C=O) groups is 2. The van der Waals surface area contributed by atoms with Gasteiger partial charge in [0.2, 0.25) is 0 Å². The lowest BCUT2D eigenvalue weighted by molar-refractivity contribution is -0.131. The molecule has 1 atom stereocenters. The maximum atomic E-state index is 14.2. The fraction of sp³-hybridized carbons (Fsp3) is 0.333. The second kappa shape index (κ2) is 6.83. The molecule has 126 valence electrons. The van der Waals surface area contributed by atoms with E-state index >= 15 is 0 Å². The number of ether oxygens (including phenoxy) is 1. The molecule has 0 aliphatic carbocycles. The van der Waals surface area contributed by atoms with Crippen molar-refractivity contribution in [2.45, 2.75) is 32.9 Å². The van der Waals surface area contributed by atoms with Crippen molar-refractivity contribution in [2.24, 2.45) is 0 Å². The van der Waals surface area contributed by atoms with Gasteiger partial charge in [-0.1, -0.05) is 18.2 Å². The summed E-state index contributed by atoms with van der Waals surface area (Å²) in [7, 11) is 0. The molecule has 0 spiro atoms. The fourth-order valence-corrected chi connectivity index (χ4v) is 4.16. The van der Waals surface area contributed by atoms with Crippen molar-refractivity contribution in [3.05, 3.63) is 52.2 Å². The summed E-state index contributed by atoms with van der Waals surface area (Å²) < 4.78 is 19.3. The van der Waals surface area contributed by atoms with Crippen LogP contribution >= 0.6 is 11.3 Å². The predicted molar refractivity (Wildman–Crippen MR) is 89.6 cm³/mol. The van der Waals surface area contributed by atoms with Gasteiger partial charge in [-0.25, -0.2) is 4.39 Å². The molecule has 24 heavy (non-hydrogen) atoms. The molecule has 1 aliphatic heterocycles. The fourth-order valence-electron chi connectivity index (χ4n) is 3.11. The first-order chi connectivity index (χ1) is 11.5. The highest BCUT2D eigenvalue weighted by Crippen LogP contribution is 2.36. The van der Waals surface area contributed by atoms with Crippen LogP contribution in [0.5, 0.6) is 5.06 Å². The second-order valence-electron chi connectivity index (χ2n) is 5.86. The van der Waals surface area contributed by atoms with E-state index in [1.165, 1.54) is 31.3 Å². The second-order valence-corrected chi connectivity index (χ2v) is 6.96. The lowest BCUT2D eigenvalue weighted by atomic mass is 9.98. The van der Waals surface area contributed by atoms with Gasteiger partial charge in [0.1, 0.15) is 5.82 Å². The maximum absolute atomic E-state index is 14.2. The molecule has 2 aromatic rings. The minimum Gasteiger partial charge on any atom is -0.416 e. The molecule has 1 aliphatic rings. The van der Waals surface area contributed by atoms with Crippen molar-refractivity contribution < 1.29 is 18.7 Å². The Kier molecular flexibility index (Phi) is 4.78. The average Bonchev–Trinajstić information content (AvgIpc) is 2.89. The van der Waals surface area contributed by atoms with E-state index in [0.29, 0.717) is 23.7 Å². The van der Waals surface area contributed by atoms with E-state index in [2.05, 4.69) is 0 Å². The number of Topliss-reactive ketones (excluding diaryl/α,β-unsaturated/α-hetero) is 1. The van der Waals surface area contributed by atoms with Crippen LogP contribution in [0.4, 0.5) is 4.39 Å². The molecule has 0 N–H and O–H groups in total. The van der Waals surface area contributed by atoms with Gasteiger partial charge >= 0.3 is 5.97 Å². The van der Waals surface area contributed by atoms with E-state index in [-0.39, 0.29) is 17.6 Å². The Labute approximate surface area is 143 Å². The zero-order chi connectivity index (χ0) is 17.3. The first kappa shape index (κ1) is 16.8. The minimum absolute atomic E-state index is 0.0843. The van der Waals surface area contributed by atoms with Crippen LogP contribution in [0.25, 0.3) is 0 Å². The van der Waals surface area contributed by atoms with Crippen LogP contribution in [0, 0.1) is 5.82 Å². The van der Waals surface area contributed by atoms with Crippen LogP contribution < -0.4 is 4.74 Å². The van der Waals surface area contributed by atoms with Gasteiger partial charge < -0.3 is 4.74 Å². The third kappa shape index (κ3) is 3.39. The summed E-state index contributed by atoms with van der Waals surface area (Å²) in [6.45, 7) is 4.05. The summed E-state index contributed by atoms with van der Waals surface area (Å²) in [6, 6.07) is 7.64. The van der Waals surface area contributed by atoms with Crippen LogP contribution in [0.15, 0.2) is 30.3 Å². The number of hydrogen-bond donors (Lipinski definition) is 0. The molecule has 0 fully saturated rings. The van der Waals surface area contributed by atoms with Crippen molar-refractivity contribution in [3.63, 3.8) is 0 Å². The van der Waals surface area contributed by atoms with Crippen molar-refractivity contribution in [1.29, 1.82) is 0 Å². The molecule has 0 saturated carbocycles. The van der Waals surface area contributed by atoms with E-state index in [1.54, 1.807) is 18.2 Å². The molecule has 0 radical (unpaired) electrons.